The SMILES string of the molecule is CC(C)(O)COc1ccc2c(C(N)=O)cnn2c1C1CC1.CCC. The molecule has 1 amide bonds. The Hall–Kier alpha value is -2.08. The van der Waals surface area contributed by atoms with Crippen molar-refractivity contribution >= 4 is 11.4 Å². The number of primary amides is 1. The summed E-state index contributed by atoms with van der Waals surface area (Å²) in [6.45, 7) is 7.84. The smallest absolute Gasteiger partial charge is 0.252 e. The summed E-state index contributed by atoms with van der Waals surface area (Å²) < 4.78 is 7.49. The zero-order chi connectivity index (χ0) is 17.9. The number of amides is 1. The van der Waals surface area contributed by atoms with Crippen molar-refractivity contribution in [1.29, 1.82) is 0 Å². The number of hydrogen-bond donors (Lipinski definition) is 2. The molecule has 24 heavy (non-hydrogen) atoms. The second-order valence-electron chi connectivity index (χ2n) is 6.88. The lowest BCUT2D eigenvalue weighted by Crippen LogP contribution is -2.28. The summed E-state index contributed by atoms with van der Waals surface area (Å²) in [6.07, 6.45) is 4.89. The van der Waals surface area contributed by atoms with Gasteiger partial charge in [-0.05, 0) is 38.8 Å². The lowest BCUT2D eigenvalue weighted by molar-refractivity contribution is 0.0279. The van der Waals surface area contributed by atoms with Crippen LogP contribution in [0.1, 0.15) is 68.9 Å². The molecule has 0 aromatic carbocycles. The zero-order valence-corrected chi connectivity index (χ0v) is 14.9. The van der Waals surface area contributed by atoms with E-state index < -0.39 is 11.5 Å². The predicted molar refractivity (Wildman–Crippen MR) is 93.4 cm³/mol. The lowest BCUT2D eigenvalue weighted by Gasteiger charge is -2.20. The summed E-state index contributed by atoms with van der Waals surface area (Å²) in [6, 6.07) is 3.60. The van der Waals surface area contributed by atoms with Gasteiger partial charge in [0, 0.05) is 5.92 Å². The molecule has 0 aliphatic heterocycles. The first kappa shape index (κ1) is 18.3. The van der Waals surface area contributed by atoms with Gasteiger partial charge in [-0.3, -0.25) is 4.79 Å². The van der Waals surface area contributed by atoms with Crippen LogP contribution in [0.5, 0.6) is 5.75 Å². The quantitative estimate of drug-likeness (QED) is 0.880. The summed E-state index contributed by atoms with van der Waals surface area (Å²) in [5.74, 6) is 0.592. The van der Waals surface area contributed by atoms with E-state index >= 15 is 0 Å². The number of fused-ring (bicyclic) bond motifs is 1. The monoisotopic (exact) mass is 333 g/mol. The van der Waals surface area contributed by atoms with Crippen molar-refractivity contribution in [3.8, 4) is 5.75 Å². The molecule has 2 heterocycles. The minimum absolute atomic E-state index is 0.197. The maximum Gasteiger partial charge on any atom is 0.252 e. The standard InChI is InChI=1S/C15H19N3O3.C3H8/c1-15(2,20)8-21-12-6-5-11-10(14(16)19)7-17-18(11)13(12)9-3-4-9;1-3-2/h5-7,9,20H,3-4,8H2,1-2H3,(H2,16,19);3H2,1-2H3. The normalized spacial score (nSPS) is 14.2. The van der Waals surface area contributed by atoms with Crippen LogP contribution in [-0.2, 0) is 0 Å². The fourth-order valence-corrected chi connectivity index (χ4v) is 2.35. The van der Waals surface area contributed by atoms with Crippen LogP contribution < -0.4 is 10.5 Å². The van der Waals surface area contributed by atoms with E-state index in [1.54, 1.807) is 24.4 Å². The van der Waals surface area contributed by atoms with Gasteiger partial charge in [0.25, 0.3) is 5.91 Å². The molecule has 0 atom stereocenters. The summed E-state index contributed by atoms with van der Waals surface area (Å²) in [7, 11) is 0. The molecule has 3 rings (SSSR count). The second kappa shape index (κ2) is 7.21. The van der Waals surface area contributed by atoms with Gasteiger partial charge in [0.2, 0.25) is 0 Å². The van der Waals surface area contributed by atoms with Crippen LogP contribution in [-0.4, -0.2) is 32.8 Å². The van der Waals surface area contributed by atoms with E-state index in [-0.39, 0.29) is 6.61 Å². The number of rotatable bonds is 5. The van der Waals surface area contributed by atoms with Crippen LogP contribution in [0, 0.1) is 0 Å². The molecule has 1 aliphatic carbocycles. The number of nitrogens with two attached hydrogens (primary N) is 1. The Morgan fingerprint density at radius 1 is 1.42 bits per heavy atom. The molecule has 6 nitrogen and oxygen atoms in total. The van der Waals surface area contributed by atoms with Gasteiger partial charge < -0.3 is 15.6 Å². The molecule has 1 aliphatic rings. The molecule has 2 aromatic rings. The Morgan fingerprint density at radius 3 is 2.54 bits per heavy atom. The molecule has 6 heteroatoms. The molecule has 2 aromatic heterocycles. The average Bonchev–Trinajstić information content (AvgIpc) is 3.22. The van der Waals surface area contributed by atoms with Gasteiger partial charge >= 0.3 is 0 Å². The molecule has 3 N–H and O–H groups in total. The summed E-state index contributed by atoms with van der Waals surface area (Å²) in [4.78, 5) is 11.4. The fraction of sp³-hybridized carbons (Fsp3) is 0.556. The molecule has 0 saturated heterocycles. The van der Waals surface area contributed by atoms with Gasteiger partial charge in [0.15, 0.2) is 0 Å². The number of carbonyl (C=O) groups excluding carboxylic acids is 1. The number of pyridine rings is 1. The van der Waals surface area contributed by atoms with E-state index in [4.69, 9.17) is 10.5 Å². The third kappa shape index (κ3) is 4.26. The maximum absolute atomic E-state index is 11.4. The molecule has 0 unspecified atom stereocenters. The first-order chi connectivity index (χ1) is 11.3. The topological polar surface area (TPSA) is 89.9 Å². The Morgan fingerprint density at radius 2 is 2.04 bits per heavy atom. The molecule has 0 radical (unpaired) electrons. The van der Waals surface area contributed by atoms with E-state index in [9.17, 15) is 9.90 Å². The highest BCUT2D eigenvalue weighted by atomic mass is 16.5. The Kier molecular flexibility index (Phi) is 5.49. The first-order valence-corrected chi connectivity index (χ1v) is 8.44. The van der Waals surface area contributed by atoms with Crippen LogP contribution in [0.15, 0.2) is 18.3 Å². The fourth-order valence-electron chi connectivity index (χ4n) is 2.35. The second-order valence-corrected chi connectivity index (χ2v) is 6.88. The van der Waals surface area contributed by atoms with E-state index in [2.05, 4.69) is 18.9 Å². The van der Waals surface area contributed by atoms with Crippen LogP contribution in [0.4, 0.5) is 0 Å². The van der Waals surface area contributed by atoms with Crippen LogP contribution in [0.25, 0.3) is 5.52 Å². The van der Waals surface area contributed by atoms with Gasteiger partial charge in [-0.25, -0.2) is 4.52 Å². The van der Waals surface area contributed by atoms with Gasteiger partial charge in [-0.2, -0.15) is 5.10 Å². The van der Waals surface area contributed by atoms with Gasteiger partial charge in [0.1, 0.15) is 12.4 Å². The number of ether oxygens (including phenoxy) is 1. The van der Waals surface area contributed by atoms with Crippen LogP contribution >= 0.6 is 0 Å². The van der Waals surface area contributed by atoms with Crippen molar-refractivity contribution in [3.63, 3.8) is 0 Å². The summed E-state index contributed by atoms with van der Waals surface area (Å²) in [5, 5.41) is 14.1. The minimum atomic E-state index is -0.904. The van der Waals surface area contributed by atoms with Gasteiger partial charge in [-0.15, -0.1) is 0 Å². The molecule has 0 bridgehead atoms. The molecule has 0 spiro atoms. The molecular formula is C18H27N3O3. The van der Waals surface area contributed by atoms with E-state index in [0.717, 1.165) is 18.5 Å². The van der Waals surface area contributed by atoms with E-state index in [0.29, 0.717) is 22.7 Å². The Labute approximate surface area is 142 Å². The van der Waals surface area contributed by atoms with Crippen LogP contribution in [0.3, 0.4) is 0 Å². The lowest BCUT2D eigenvalue weighted by atomic mass is 10.1. The van der Waals surface area contributed by atoms with Crippen LogP contribution in [0.2, 0.25) is 0 Å². The highest BCUT2D eigenvalue weighted by molar-refractivity contribution is 5.99. The number of nitrogens with zero attached hydrogens (tertiary/aromatic N) is 2. The van der Waals surface area contributed by atoms with Crippen molar-refractivity contribution in [1.82, 2.24) is 9.61 Å². The Balaban J connectivity index is 0.000000647. The summed E-state index contributed by atoms with van der Waals surface area (Å²) in [5.41, 5.74) is 6.51. The molecule has 1 fully saturated rings. The van der Waals surface area contributed by atoms with Crippen molar-refractivity contribution in [2.45, 2.75) is 58.5 Å². The summed E-state index contributed by atoms with van der Waals surface area (Å²) >= 11 is 0. The predicted octanol–water partition coefficient (Wildman–Crippen LogP) is 2.88. The van der Waals surface area contributed by atoms with Crippen molar-refractivity contribution < 1.29 is 14.6 Å². The first-order valence-electron chi connectivity index (χ1n) is 8.44. The number of aromatic nitrogens is 2. The third-order valence-corrected chi connectivity index (χ3v) is 3.49. The highest BCUT2D eigenvalue weighted by Crippen LogP contribution is 2.44. The number of hydrogen-bond acceptors (Lipinski definition) is 4. The van der Waals surface area contributed by atoms with Crippen molar-refractivity contribution in [2.24, 2.45) is 5.73 Å². The molecular weight excluding hydrogens is 306 g/mol. The van der Waals surface area contributed by atoms with Crippen molar-refractivity contribution in [2.75, 3.05) is 6.61 Å². The molecule has 132 valence electrons. The maximum atomic E-state index is 11.4. The minimum Gasteiger partial charge on any atom is -0.489 e. The largest absolute Gasteiger partial charge is 0.489 e. The van der Waals surface area contributed by atoms with E-state index in [1.807, 2.05) is 6.07 Å². The number of carbonyl (C=O) groups is 1. The third-order valence-electron chi connectivity index (χ3n) is 3.49. The van der Waals surface area contributed by atoms with E-state index in [1.165, 1.54) is 12.6 Å². The van der Waals surface area contributed by atoms with Gasteiger partial charge in [0.05, 0.1) is 28.6 Å². The van der Waals surface area contributed by atoms with Crippen molar-refractivity contribution in [3.05, 3.63) is 29.6 Å². The molecule has 1 saturated carbocycles. The number of aliphatic hydroxyl groups is 1. The Bertz CT molecular complexity index is 712. The highest BCUT2D eigenvalue weighted by Gasteiger charge is 2.31. The van der Waals surface area contributed by atoms with Gasteiger partial charge in [-0.1, -0.05) is 20.3 Å². The average molecular weight is 333 g/mol. The zero-order valence-electron chi connectivity index (χ0n) is 14.9.